The molecule has 0 spiro atoms. The van der Waals surface area contributed by atoms with E-state index in [9.17, 15) is 4.79 Å². The van der Waals surface area contributed by atoms with Gasteiger partial charge in [0.05, 0.1) is 0 Å². The predicted octanol–water partition coefficient (Wildman–Crippen LogP) is 4.56. The fourth-order valence-electron chi connectivity index (χ4n) is 4.64. The van der Waals surface area contributed by atoms with Gasteiger partial charge in [0.1, 0.15) is 5.60 Å². The molecule has 4 nitrogen and oxygen atoms in total. The fourth-order valence-corrected chi connectivity index (χ4v) is 5.16. The normalized spacial score (nSPS) is 25.3. The number of rotatable bonds is 0. The van der Waals surface area contributed by atoms with E-state index in [1.54, 1.807) is 0 Å². The molecule has 136 valence electrons. The van der Waals surface area contributed by atoms with E-state index in [-0.39, 0.29) is 6.09 Å². The van der Waals surface area contributed by atoms with E-state index in [2.05, 4.69) is 33.0 Å². The van der Waals surface area contributed by atoms with Crippen molar-refractivity contribution in [3.63, 3.8) is 0 Å². The highest BCUT2D eigenvalue weighted by Crippen LogP contribution is 2.47. The van der Waals surface area contributed by atoms with Crippen LogP contribution < -0.4 is 4.90 Å². The molecular formula is C20H27BrN2O2. The summed E-state index contributed by atoms with van der Waals surface area (Å²) in [5.74, 6) is 1.05. The third-order valence-electron chi connectivity index (χ3n) is 5.64. The Balaban J connectivity index is 1.63. The molecule has 25 heavy (non-hydrogen) atoms. The number of hydrogen-bond acceptors (Lipinski definition) is 3. The highest BCUT2D eigenvalue weighted by atomic mass is 79.9. The quantitative estimate of drug-likeness (QED) is 0.632. The molecule has 1 fully saturated rings. The van der Waals surface area contributed by atoms with Crippen molar-refractivity contribution in [3.8, 4) is 0 Å². The zero-order chi connectivity index (χ0) is 17.8. The first-order valence-electron chi connectivity index (χ1n) is 9.37. The van der Waals surface area contributed by atoms with Crippen molar-refractivity contribution >= 4 is 27.7 Å². The van der Waals surface area contributed by atoms with E-state index in [1.165, 1.54) is 29.8 Å². The molecule has 5 heteroatoms. The summed E-state index contributed by atoms with van der Waals surface area (Å²) in [6.45, 7) is 9.67. The monoisotopic (exact) mass is 406 g/mol. The number of carbonyl (C=O) groups is 1. The van der Waals surface area contributed by atoms with Crippen LogP contribution in [0.1, 0.15) is 50.7 Å². The Morgan fingerprint density at radius 2 is 2.04 bits per heavy atom. The second kappa shape index (κ2) is 6.19. The zero-order valence-electron chi connectivity index (χ0n) is 15.3. The van der Waals surface area contributed by atoms with E-state index in [0.717, 1.165) is 36.9 Å². The zero-order valence-corrected chi connectivity index (χ0v) is 16.9. The van der Waals surface area contributed by atoms with Gasteiger partial charge in [0.25, 0.3) is 0 Å². The number of ether oxygens (including phenoxy) is 1. The Morgan fingerprint density at radius 1 is 1.24 bits per heavy atom. The maximum absolute atomic E-state index is 12.5. The fraction of sp³-hybridized carbons (Fsp3) is 0.650. The third-order valence-corrected chi connectivity index (χ3v) is 6.09. The average Bonchev–Trinajstić information content (AvgIpc) is 2.53. The van der Waals surface area contributed by atoms with Crippen molar-refractivity contribution in [3.05, 3.63) is 27.7 Å². The highest BCUT2D eigenvalue weighted by molar-refractivity contribution is 9.10. The summed E-state index contributed by atoms with van der Waals surface area (Å²) < 4.78 is 6.78. The lowest BCUT2D eigenvalue weighted by Gasteiger charge is -2.48. The summed E-state index contributed by atoms with van der Waals surface area (Å²) in [5.41, 5.74) is 3.89. The number of halogens is 1. The Labute approximate surface area is 158 Å². The van der Waals surface area contributed by atoms with Gasteiger partial charge in [0.15, 0.2) is 0 Å². The van der Waals surface area contributed by atoms with Crippen molar-refractivity contribution in [2.75, 3.05) is 31.1 Å². The van der Waals surface area contributed by atoms with Crippen molar-refractivity contribution in [2.24, 2.45) is 5.92 Å². The Morgan fingerprint density at radius 3 is 2.80 bits per heavy atom. The SMILES string of the molecule is CC(C)(C)OC(=O)N1CC[C@H]2CN3CCCc4cc(Br)cc(c43)[C@H]2C1. The minimum atomic E-state index is -0.438. The Hall–Kier alpha value is -1.23. The second-order valence-electron chi connectivity index (χ2n) is 8.63. The number of nitrogens with zero attached hydrogens (tertiary/aromatic N) is 2. The number of benzene rings is 1. The number of amides is 1. The van der Waals surface area contributed by atoms with Crippen LogP contribution >= 0.6 is 15.9 Å². The van der Waals surface area contributed by atoms with Crippen LogP contribution in [0.5, 0.6) is 0 Å². The molecule has 4 rings (SSSR count). The van der Waals surface area contributed by atoms with Crippen molar-refractivity contribution in [1.82, 2.24) is 4.90 Å². The average molecular weight is 407 g/mol. The van der Waals surface area contributed by atoms with E-state index >= 15 is 0 Å². The van der Waals surface area contributed by atoms with E-state index < -0.39 is 5.60 Å². The summed E-state index contributed by atoms with van der Waals surface area (Å²) in [5, 5.41) is 0. The number of likely N-dealkylation sites (tertiary alicyclic amines) is 1. The third kappa shape index (κ3) is 3.27. The van der Waals surface area contributed by atoms with Crippen LogP contribution in [0.2, 0.25) is 0 Å². The maximum Gasteiger partial charge on any atom is 0.410 e. The Bertz CT molecular complexity index is 698. The predicted molar refractivity (Wildman–Crippen MR) is 103 cm³/mol. The molecule has 3 aliphatic rings. The number of hydrogen-bond donors (Lipinski definition) is 0. The molecule has 1 amide bonds. The van der Waals surface area contributed by atoms with Gasteiger partial charge < -0.3 is 14.5 Å². The van der Waals surface area contributed by atoms with Gasteiger partial charge in [0, 0.05) is 42.3 Å². The molecule has 1 saturated heterocycles. The molecule has 3 aliphatic heterocycles. The summed E-state index contributed by atoms with van der Waals surface area (Å²) in [4.78, 5) is 17.1. The van der Waals surface area contributed by atoms with Gasteiger partial charge in [-0.25, -0.2) is 4.79 Å². The summed E-state index contributed by atoms with van der Waals surface area (Å²) >= 11 is 3.70. The molecule has 0 aliphatic carbocycles. The molecule has 2 atom stereocenters. The van der Waals surface area contributed by atoms with Gasteiger partial charge in [0.2, 0.25) is 0 Å². The van der Waals surface area contributed by atoms with E-state index in [1.807, 2.05) is 25.7 Å². The molecule has 3 heterocycles. The van der Waals surface area contributed by atoms with E-state index in [0.29, 0.717) is 11.8 Å². The molecule has 1 aromatic carbocycles. The second-order valence-corrected chi connectivity index (χ2v) is 9.55. The number of carbonyl (C=O) groups excluding carboxylic acids is 1. The lowest BCUT2D eigenvalue weighted by molar-refractivity contribution is 0.0155. The van der Waals surface area contributed by atoms with E-state index in [4.69, 9.17) is 4.74 Å². The van der Waals surface area contributed by atoms with Crippen LogP contribution in [0.25, 0.3) is 0 Å². The van der Waals surface area contributed by atoms with Crippen LogP contribution in [-0.2, 0) is 11.2 Å². The van der Waals surface area contributed by atoms with Crippen LogP contribution in [0.4, 0.5) is 10.5 Å². The smallest absolute Gasteiger partial charge is 0.410 e. The van der Waals surface area contributed by atoms with Crippen molar-refractivity contribution < 1.29 is 9.53 Å². The standard InChI is InChI=1S/C20H27BrN2O2/c1-20(2,3)25-19(24)23-8-6-14-11-22-7-4-5-13-9-15(21)10-16(18(13)22)17(14)12-23/h9-10,14,17H,4-8,11-12H2,1-3H3/t14-,17-/m0/s1. The first kappa shape index (κ1) is 17.2. The molecular weight excluding hydrogens is 380 g/mol. The van der Waals surface area contributed by atoms with Crippen molar-refractivity contribution in [2.45, 2.75) is 51.6 Å². The number of piperidine rings is 1. The van der Waals surface area contributed by atoms with Crippen LogP contribution in [0.3, 0.4) is 0 Å². The van der Waals surface area contributed by atoms with Gasteiger partial charge in [-0.2, -0.15) is 0 Å². The van der Waals surface area contributed by atoms with Crippen LogP contribution in [-0.4, -0.2) is 42.8 Å². The molecule has 0 aromatic heterocycles. The number of anilines is 1. The molecule has 1 aromatic rings. The Kier molecular flexibility index (Phi) is 4.25. The highest BCUT2D eigenvalue weighted by Gasteiger charge is 2.41. The van der Waals surface area contributed by atoms with Crippen LogP contribution in [0, 0.1) is 5.92 Å². The van der Waals surface area contributed by atoms with Crippen LogP contribution in [0.15, 0.2) is 16.6 Å². The van der Waals surface area contributed by atoms with Gasteiger partial charge in [-0.3, -0.25) is 0 Å². The van der Waals surface area contributed by atoms with Gasteiger partial charge in [-0.1, -0.05) is 15.9 Å². The van der Waals surface area contributed by atoms with Gasteiger partial charge in [-0.05, 0) is 69.2 Å². The first-order chi connectivity index (χ1) is 11.8. The summed E-state index contributed by atoms with van der Waals surface area (Å²) in [6, 6.07) is 4.56. The maximum atomic E-state index is 12.5. The minimum absolute atomic E-state index is 0.169. The molecule has 0 unspecified atom stereocenters. The summed E-state index contributed by atoms with van der Waals surface area (Å²) in [6.07, 6.45) is 3.29. The minimum Gasteiger partial charge on any atom is -0.444 e. The number of aryl methyl sites for hydroxylation is 1. The van der Waals surface area contributed by atoms with Crippen molar-refractivity contribution in [1.29, 1.82) is 0 Å². The van der Waals surface area contributed by atoms with Gasteiger partial charge in [-0.15, -0.1) is 0 Å². The lowest BCUT2D eigenvalue weighted by atomic mass is 9.75. The molecule has 0 N–H and O–H groups in total. The topological polar surface area (TPSA) is 32.8 Å². The largest absolute Gasteiger partial charge is 0.444 e. The summed E-state index contributed by atoms with van der Waals surface area (Å²) in [7, 11) is 0. The molecule has 0 saturated carbocycles. The van der Waals surface area contributed by atoms with Gasteiger partial charge >= 0.3 is 6.09 Å². The lowest BCUT2D eigenvalue weighted by Crippen LogP contribution is -2.50. The molecule has 0 radical (unpaired) electrons. The number of fused-ring (bicyclic) bond motifs is 2. The first-order valence-corrected chi connectivity index (χ1v) is 10.2. The molecule has 0 bridgehead atoms.